The van der Waals surface area contributed by atoms with Crippen molar-refractivity contribution in [2.45, 2.75) is 53.5 Å². The summed E-state index contributed by atoms with van der Waals surface area (Å²) in [6.07, 6.45) is 2.29. The lowest BCUT2D eigenvalue weighted by Gasteiger charge is -2.20. The van der Waals surface area contributed by atoms with Crippen molar-refractivity contribution in [3.8, 4) is 11.1 Å². The Morgan fingerprint density at radius 3 is 2.19 bits per heavy atom. The molecule has 1 aromatic carbocycles. The normalized spacial score (nSPS) is 10.3. The minimum Gasteiger partial charge on any atom is -0.478 e. The number of benzene rings is 1. The summed E-state index contributed by atoms with van der Waals surface area (Å²) in [5.41, 5.74) is 11.6. The monoisotopic (exact) mass is 412 g/mol. The van der Waals surface area contributed by atoms with E-state index in [0.717, 1.165) is 40.8 Å². The van der Waals surface area contributed by atoms with E-state index in [1.54, 1.807) is 0 Å². The molecule has 0 radical (unpaired) electrons. The Labute approximate surface area is 174 Å². The molecule has 0 saturated heterocycles. The maximum Gasteiger partial charge on any atom is 0.338 e. The Kier molecular flexibility index (Phi) is 10.6. The molecular weight excluding hydrogens is 383 g/mol. The molecule has 0 aliphatic heterocycles. The predicted molar refractivity (Wildman–Crippen MR) is 116 cm³/mol. The number of carboxylic acids is 1. The van der Waals surface area contributed by atoms with Crippen molar-refractivity contribution in [1.82, 2.24) is 4.98 Å². The van der Waals surface area contributed by atoms with Gasteiger partial charge in [-0.25, -0.2) is 4.79 Å². The van der Waals surface area contributed by atoms with Gasteiger partial charge in [0.2, 0.25) is 0 Å². The van der Waals surface area contributed by atoms with Gasteiger partial charge in [0.05, 0.1) is 11.3 Å². The van der Waals surface area contributed by atoms with Crippen LogP contribution in [0.2, 0.25) is 0 Å². The molecule has 2 aromatic rings. The summed E-state index contributed by atoms with van der Waals surface area (Å²) in [5.74, 6) is -0.508. The topological polar surface area (TPSA) is 76.2 Å². The first-order chi connectivity index (χ1) is 11.9. The Hall–Kier alpha value is -1.62. The van der Waals surface area contributed by atoms with Gasteiger partial charge in [-0.05, 0) is 36.8 Å². The van der Waals surface area contributed by atoms with Crippen LogP contribution in [0.25, 0.3) is 11.1 Å². The van der Waals surface area contributed by atoms with Crippen molar-refractivity contribution in [2.75, 3.05) is 0 Å². The fourth-order valence-corrected chi connectivity index (χ4v) is 3.19. The Morgan fingerprint density at radius 2 is 1.74 bits per heavy atom. The van der Waals surface area contributed by atoms with E-state index < -0.39 is 5.97 Å². The highest BCUT2D eigenvalue weighted by Crippen LogP contribution is 2.33. The fraction of sp³-hybridized carbons (Fsp3) is 0.429. The number of nitrogens with zero attached hydrogens (tertiary/aromatic N) is 1. The minimum absolute atomic E-state index is 0. The SMILES string of the molecule is CCCc1nc(CC(C)C)c(CN)c(-c2ccc(C)cc2)c1C(=O)O.Cl.Cl. The lowest BCUT2D eigenvalue weighted by atomic mass is 9.89. The van der Waals surface area contributed by atoms with Crippen molar-refractivity contribution < 1.29 is 9.90 Å². The number of halogens is 2. The smallest absolute Gasteiger partial charge is 0.338 e. The molecule has 0 unspecified atom stereocenters. The molecule has 0 aliphatic rings. The molecule has 1 heterocycles. The van der Waals surface area contributed by atoms with E-state index >= 15 is 0 Å². The van der Waals surface area contributed by atoms with Crippen LogP contribution in [-0.2, 0) is 19.4 Å². The number of nitrogens with two attached hydrogens (primary N) is 1. The summed E-state index contributed by atoms with van der Waals surface area (Å²) in [6.45, 7) is 8.62. The maximum atomic E-state index is 12.1. The van der Waals surface area contributed by atoms with Gasteiger partial charge in [-0.15, -0.1) is 24.8 Å². The molecule has 4 nitrogen and oxygen atoms in total. The van der Waals surface area contributed by atoms with E-state index in [1.807, 2.05) is 38.1 Å². The second kappa shape index (κ2) is 11.3. The zero-order valence-electron chi connectivity index (χ0n) is 16.4. The summed E-state index contributed by atoms with van der Waals surface area (Å²) in [5, 5.41) is 9.90. The fourth-order valence-electron chi connectivity index (χ4n) is 3.19. The summed E-state index contributed by atoms with van der Waals surface area (Å²) in [4.78, 5) is 16.8. The number of carboxylic acid groups (broad SMARTS) is 1. The maximum absolute atomic E-state index is 12.1. The second-order valence-corrected chi connectivity index (χ2v) is 6.96. The van der Waals surface area contributed by atoms with Crippen molar-refractivity contribution in [1.29, 1.82) is 0 Å². The summed E-state index contributed by atoms with van der Waals surface area (Å²) >= 11 is 0. The van der Waals surface area contributed by atoms with E-state index in [2.05, 4.69) is 13.8 Å². The zero-order chi connectivity index (χ0) is 18.6. The summed E-state index contributed by atoms with van der Waals surface area (Å²) in [6, 6.07) is 7.96. The third-order valence-corrected chi connectivity index (χ3v) is 4.31. The molecule has 6 heteroatoms. The molecule has 0 spiro atoms. The van der Waals surface area contributed by atoms with Crippen LogP contribution >= 0.6 is 24.8 Å². The molecule has 0 fully saturated rings. The van der Waals surface area contributed by atoms with Gasteiger partial charge < -0.3 is 10.8 Å². The second-order valence-electron chi connectivity index (χ2n) is 6.96. The first-order valence-electron chi connectivity index (χ1n) is 8.94. The van der Waals surface area contributed by atoms with Crippen molar-refractivity contribution in [3.05, 3.63) is 52.3 Å². The number of aromatic nitrogens is 1. The average molecular weight is 413 g/mol. The Bertz CT molecular complexity index is 760. The molecule has 0 saturated carbocycles. The van der Waals surface area contributed by atoms with Gasteiger partial charge in [-0.3, -0.25) is 4.98 Å². The highest BCUT2D eigenvalue weighted by molar-refractivity contribution is 5.98. The minimum atomic E-state index is -0.933. The number of hydrogen-bond acceptors (Lipinski definition) is 3. The molecule has 0 amide bonds. The van der Waals surface area contributed by atoms with Crippen LogP contribution < -0.4 is 5.73 Å². The van der Waals surface area contributed by atoms with Crippen LogP contribution in [0.3, 0.4) is 0 Å². The molecule has 27 heavy (non-hydrogen) atoms. The molecular formula is C21H30Cl2N2O2. The number of aromatic carboxylic acids is 1. The number of aryl methyl sites for hydroxylation is 2. The van der Waals surface area contributed by atoms with E-state index in [-0.39, 0.29) is 31.4 Å². The van der Waals surface area contributed by atoms with E-state index in [9.17, 15) is 9.90 Å². The summed E-state index contributed by atoms with van der Waals surface area (Å²) in [7, 11) is 0. The first kappa shape index (κ1) is 25.4. The van der Waals surface area contributed by atoms with Crippen LogP contribution in [0.4, 0.5) is 0 Å². The third kappa shape index (κ3) is 5.93. The lowest BCUT2D eigenvalue weighted by molar-refractivity contribution is 0.0696. The van der Waals surface area contributed by atoms with Gasteiger partial charge >= 0.3 is 5.97 Å². The van der Waals surface area contributed by atoms with E-state index in [0.29, 0.717) is 23.6 Å². The van der Waals surface area contributed by atoms with Gasteiger partial charge in [-0.2, -0.15) is 0 Å². The van der Waals surface area contributed by atoms with E-state index in [4.69, 9.17) is 10.7 Å². The van der Waals surface area contributed by atoms with Crippen LogP contribution in [0.15, 0.2) is 24.3 Å². The van der Waals surface area contributed by atoms with Gasteiger partial charge in [0.25, 0.3) is 0 Å². The average Bonchev–Trinajstić information content (AvgIpc) is 2.54. The van der Waals surface area contributed by atoms with Crippen LogP contribution in [-0.4, -0.2) is 16.1 Å². The molecule has 0 atom stereocenters. The van der Waals surface area contributed by atoms with Gasteiger partial charge in [0.1, 0.15) is 0 Å². The molecule has 1 aromatic heterocycles. The van der Waals surface area contributed by atoms with Crippen LogP contribution in [0, 0.1) is 12.8 Å². The van der Waals surface area contributed by atoms with Crippen LogP contribution in [0.5, 0.6) is 0 Å². The van der Waals surface area contributed by atoms with Gasteiger partial charge in [0, 0.05) is 17.8 Å². The Balaban J connectivity index is 0.00000338. The molecule has 3 N–H and O–H groups in total. The predicted octanol–water partition coefficient (Wildman–Crippen LogP) is 5.21. The number of hydrogen-bond donors (Lipinski definition) is 2. The lowest BCUT2D eigenvalue weighted by Crippen LogP contribution is -2.17. The van der Waals surface area contributed by atoms with E-state index in [1.165, 1.54) is 0 Å². The number of pyridine rings is 1. The van der Waals surface area contributed by atoms with Crippen molar-refractivity contribution >= 4 is 30.8 Å². The third-order valence-electron chi connectivity index (χ3n) is 4.31. The number of rotatable bonds is 7. The van der Waals surface area contributed by atoms with Crippen molar-refractivity contribution in [2.24, 2.45) is 11.7 Å². The molecule has 150 valence electrons. The Morgan fingerprint density at radius 1 is 1.15 bits per heavy atom. The van der Waals surface area contributed by atoms with Crippen LogP contribution in [0.1, 0.15) is 60.1 Å². The summed E-state index contributed by atoms with van der Waals surface area (Å²) < 4.78 is 0. The standard InChI is InChI=1S/C21H28N2O2.2ClH/c1-5-6-17-20(21(24)25)19(15-9-7-14(4)8-10-15)16(12-22)18(23-17)11-13(2)3;;/h7-10,13H,5-6,11-12,22H2,1-4H3,(H,24,25);2*1H. The number of carbonyl (C=O) groups is 1. The van der Waals surface area contributed by atoms with Crippen molar-refractivity contribution in [3.63, 3.8) is 0 Å². The highest BCUT2D eigenvalue weighted by Gasteiger charge is 2.24. The van der Waals surface area contributed by atoms with Gasteiger partial charge in [0.15, 0.2) is 0 Å². The molecule has 0 aliphatic carbocycles. The zero-order valence-corrected chi connectivity index (χ0v) is 18.0. The quantitative estimate of drug-likeness (QED) is 0.654. The molecule has 0 bridgehead atoms. The largest absolute Gasteiger partial charge is 0.478 e. The highest BCUT2D eigenvalue weighted by atomic mass is 35.5. The molecule has 2 rings (SSSR count). The van der Waals surface area contributed by atoms with Gasteiger partial charge in [-0.1, -0.05) is 57.0 Å². The first-order valence-corrected chi connectivity index (χ1v) is 8.94.